The number of guanidine groups is 1. The maximum absolute atomic E-state index is 5.44. The summed E-state index contributed by atoms with van der Waals surface area (Å²) in [6, 6.07) is 17.9. The number of ether oxygens (including phenoxy) is 1. The minimum atomic E-state index is 0.180. The Morgan fingerprint density at radius 1 is 1.00 bits per heavy atom. The predicted octanol–water partition coefficient (Wildman–Crippen LogP) is 3.55. The third-order valence-electron chi connectivity index (χ3n) is 6.41. The molecule has 0 bridgehead atoms. The fourth-order valence-electron chi connectivity index (χ4n) is 4.41. The summed E-state index contributed by atoms with van der Waals surface area (Å²) in [6.07, 6.45) is 2.59. The lowest BCUT2D eigenvalue weighted by atomic mass is 10.1. The highest BCUT2D eigenvalue weighted by atomic mass is 16.5. The molecule has 1 atom stereocenters. The van der Waals surface area contributed by atoms with E-state index in [9.17, 15) is 0 Å². The molecule has 0 aromatic heterocycles. The molecule has 0 aliphatic carbocycles. The molecule has 0 amide bonds. The zero-order valence-corrected chi connectivity index (χ0v) is 19.5. The van der Waals surface area contributed by atoms with Crippen molar-refractivity contribution in [2.24, 2.45) is 4.99 Å². The first-order chi connectivity index (χ1) is 15.7. The average molecular weight is 436 g/mol. The number of nitrogens with zero attached hydrogens (tertiary/aromatic N) is 3. The molecule has 1 unspecified atom stereocenters. The Morgan fingerprint density at radius 2 is 1.72 bits per heavy atom. The first kappa shape index (κ1) is 22.6. The molecule has 2 heterocycles. The molecule has 2 N–H and O–H groups in total. The summed E-state index contributed by atoms with van der Waals surface area (Å²) < 4.78 is 5.44. The molecule has 2 aromatic rings. The van der Waals surface area contributed by atoms with Gasteiger partial charge in [0.25, 0.3) is 0 Å². The number of anilines is 1. The van der Waals surface area contributed by atoms with Gasteiger partial charge in [0.15, 0.2) is 5.96 Å². The third kappa shape index (κ3) is 6.24. The van der Waals surface area contributed by atoms with Crippen molar-refractivity contribution in [1.82, 2.24) is 15.5 Å². The van der Waals surface area contributed by atoms with Crippen LogP contribution in [0.1, 0.15) is 42.5 Å². The van der Waals surface area contributed by atoms with E-state index in [-0.39, 0.29) is 6.04 Å². The second-order valence-corrected chi connectivity index (χ2v) is 8.79. The molecule has 0 spiro atoms. The smallest absolute Gasteiger partial charge is 0.191 e. The zero-order chi connectivity index (χ0) is 22.2. The Balaban J connectivity index is 1.27. The normalized spacial score (nSPS) is 18.6. The molecule has 0 saturated carbocycles. The number of rotatable bonds is 7. The Labute approximate surface area is 192 Å². The van der Waals surface area contributed by atoms with Crippen molar-refractivity contribution in [2.75, 3.05) is 51.3 Å². The van der Waals surface area contributed by atoms with E-state index in [1.54, 1.807) is 0 Å². The largest absolute Gasteiger partial charge is 0.379 e. The van der Waals surface area contributed by atoms with Gasteiger partial charge < -0.3 is 20.3 Å². The van der Waals surface area contributed by atoms with E-state index in [1.165, 1.54) is 48.3 Å². The van der Waals surface area contributed by atoms with Crippen LogP contribution in [0.5, 0.6) is 0 Å². The zero-order valence-electron chi connectivity index (χ0n) is 19.5. The first-order valence-corrected chi connectivity index (χ1v) is 11.9. The molecule has 2 saturated heterocycles. The molecule has 4 rings (SSSR count). The van der Waals surface area contributed by atoms with Gasteiger partial charge in [-0.15, -0.1) is 0 Å². The quantitative estimate of drug-likeness (QED) is 0.515. The van der Waals surface area contributed by atoms with Crippen LogP contribution in [0.4, 0.5) is 5.69 Å². The van der Waals surface area contributed by atoms with Crippen LogP contribution in [0.15, 0.2) is 53.5 Å². The summed E-state index contributed by atoms with van der Waals surface area (Å²) in [5, 5.41) is 7.00. The number of hydrogen-bond donors (Lipinski definition) is 2. The van der Waals surface area contributed by atoms with Gasteiger partial charge >= 0.3 is 0 Å². The minimum Gasteiger partial charge on any atom is -0.379 e. The fourth-order valence-corrected chi connectivity index (χ4v) is 4.41. The van der Waals surface area contributed by atoms with Crippen molar-refractivity contribution in [3.05, 3.63) is 65.2 Å². The van der Waals surface area contributed by atoms with Gasteiger partial charge in [0.2, 0.25) is 0 Å². The Kier molecular flexibility index (Phi) is 8.02. The van der Waals surface area contributed by atoms with Gasteiger partial charge in [0, 0.05) is 52.0 Å². The molecule has 2 aliphatic heterocycles. The predicted molar refractivity (Wildman–Crippen MR) is 132 cm³/mol. The van der Waals surface area contributed by atoms with Crippen LogP contribution in [-0.4, -0.2) is 57.3 Å². The Morgan fingerprint density at radius 3 is 2.44 bits per heavy atom. The molecule has 172 valence electrons. The SMILES string of the molecule is CN=C(NCc1ccc(CN2CCOCC2)cc1)NC(C)c1cccc(N2CCCC2)c1. The second-order valence-electron chi connectivity index (χ2n) is 8.79. The summed E-state index contributed by atoms with van der Waals surface area (Å²) in [6.45, 7) is 9.99. The Bertz CT molecular complexity index is 870. The van der Waals surface area contributed by atoms with E-state index < -0.39 is 0 Å². The first-order valence-electron chi connectivity index (χ1n) is 11.9. The van der Waals surface area contributed by atoms with Crippen molar-refractivity contribution in [2.45, 2.75) is 38.9 Å². The molecule has 0 radical (unpaired) electrons. The van der Waals surface area contributed by atoms with E-state index in [2.05, 4.69) is 80.9 Å². The van der Waals surface area contributed by atoms with Crippen molar-refractivity contribution in [1.29, 1.82) is 0 Å². The van der Waals surface area contributed by atoms with Crippen LogP contribution >= 0.6 is 0 Å². The minimum absolute atomic E-state index is 0.180. The van der Waals surface area contributed by atoms with Gasteiger partial charge in [-0.1, -0.05) is 36.4 Å². The summed E-state index contributed by atoms with van der Waals surface area (Å²) >= 11 is 0. The lowest BCUT2D eigenvalue weighted by molar-refractivity contribution is 0.0342. The highest BCUT2D eigenvalue weighted by Gasteiger charge is 2.15. The van der Waals surface area contributed by atoms with Gasteiger partial charge in [0.05, 0.1) is 19.3 Å². The van der Waals surface area contributed by atoms with Crippen LogP contribution in [0.3, 0.4) is 0 Å². The van der Waals surface area contributed by atoms with Crippen molar-refractivity contribution in [3.63, 3.8) is 0 Å². The Hall–Kier alpha value is -2.57. The summed E-state index contributed by atoms with van der Waals surface area (Å²) in [7, 11) is 1.83. The number of hydrogen-bond acceptors (Lipinski definition) is 4. The summed E-state index contributed by atoms with van der Waals surface area (Å²) in [5.41, 5.74) is 5.21. The monoisotopic (exact) mass is 435 g/mol. The number of nitrogens with one attached hydrogen (secondary N) is 2. The van der Waals surface area contributed by atoms with Crippen molar-refractivity contribution >= 4 is 11.6 Å². The van der Waals surface area contributed by atoms with E-state index >= 15 is 0 Å². The molecule has 6 nitrogen and oxygen atoms in total. The van der Waals surface area contributed by atoms with Crippen LogP contribution in [0.25, 0.3) is 0 Å². The maximum atomic E-state index is 5.44. The number of morpholine rings is 1. The summed E-state index contributed by atoms with van der Waals surface area (Å²) in [4.78, 5) is 9.35. The molecule has 2 aromatic carbocycles. The lowest BCUT2D eigenvalue weighted by Crippen LogP contribution is -2.38. The van der Waals surface area contributed by atoms with Gasteiger partial charge in [-0.2, -0.15) is 0 Å². The number of benzene rings is 2. The van der Waals surface area contributed by atoms with Crippen molar-refractivity contribution in [3.8, 4) is 0 Å². The van der Waals surface area contributed by atoms with Gasteiger partial charge in [0.1, 0.15) is 0 Å². The topological polar surface area (TPSA) is 52.1 Å². The van der Waals surface area contributed by atoms with Crippen LogP contribution in [0.2, 0.25) is 0 Å². The molecule has 2 fully saturated rings. The van der Waals surface area contributed by atoms with Crippen LogP contribution in [0, 0.1) is 0 Å². The molecular formula is C26H37N5O. The van der Waals surface area contributed by atoms with Gasteiger partial charge in [-0.3, -0.25) is 9.89 Å². The standard InChI is InChI=1S/C26H37N5O/c1-21(24-6-5-7-25(18-24)31-12-3-4-13-31)29-26(27-2)28-19-22-8-10-23(11-9-22)20-30-14-16-32-17-15-30/h5-11,18,21H,3-4,12-17,19-20H2,1-2H3,(H2,27,28,29). The third-order valence-corrected chi connectivity index (χ3v) is 6.41. The highest BCUT2D eigenvalue weighted by Crippen LogP contribution is 2.24. The van der Waals surface area contributed by atoms with E-state index in [4.69, 9.17) is 4.74 Å². The number of aliphatic imine (C=N–C) groups is 1. The van der Waals surface area contributed by atoms with Crippen LogP contribution in [-0.2, 0) is 17.8 Å². The second kappa shape index (κ2) is 11.3. The highest BCUT2D eigenvalue weighted by molar-refractivity contribution is 5.80. The molecular weight excluding hydrogens is 398 g/mol. The fraction of sp³-hybridized carbons (Fsp3) is 0.500. The molecule has 6 heteroatoms. The van der Waals surface area contributed by atoms with E-state index in [0.29, 0.717) is 0 Å². The van der Waals surface area contributed by atoms with Gasteiger partial charge in [-0.05, 0) is 48.6 Å². The summed E-state index contributed by atoms with van der Waals surface area (Å²) in [5.74, 6) is 0.821. The van der Waals surface area contributed by atoms with Crippen LogP contribution < -0.4 is 15.5 Å². The maximum Gasteiger partial charge on any atom is 0.191 e. The van der Waals surface area contributed by atoms with Gasteiger partial charge in [-0.25, -0.2) is 0 Å². The van der Waals surface area contributed by atoms with E-state index in [0.717, 1.165) is 45.4 Å². The van der Waals surface area contributed by atoms with E-state index in [1.807, 2.05) is 7.05 Å². The molecule has 2 aliphatic rings. The van der Waals surface area contributed by atoms with Crippen molar-refractivity contribution < 1.29 is 4.74 Å². The molecule has 32 heavy (non-hydrogen) atoms. The average Bonchev–Trinajstić information content (AvgIpc) is 3.38. The lowest BCUT2D eigenvalue weighted by Gasteiger charge is -2.26.